The van der Waals surface area contributed by atoms with Crippen LogP contribution in [0.25, 0.3) is 0 Å². The molecule has 0 aliphatic carbocycles. The van der Waals surface area contributed by atoms with Crippen molar-refractivity contribution in [1.82, 2.24) is 4.90 Å². The molecule has 0 aromatic heterocycles. The summed E-state index contributed by atoms with van der Waals surface area (Å²) in [6.07, 6.45) is 0.466. The Labute approximate surface area is 195 Å². The molecule has 1 N–H and O–H groups in total. The van der Waals surface area contributed by atoms with E-state index in [0.29, 0.717) is 12.5 Å². The van der Waals surface area contributed by atoms with Gasteiger partial charge in [0.1, 0.15) is 0 Å². The minimum absolute atomic E-state index is 0.0252. The molecular formula is C27H44N2O3. The van der Waals surface area contributed by atoms with Gasteiger partial charge in [-0.15, -0.1) is 0 Å². The van der Waals surface area contributed by atoms with Gasteiger partial charge in [0, 0.05) is 28.5 Å². The molecule has 180 valence electrons. The van der Waals surface area contributed by atoms with E-state index in [1.54, 1.807) is 0 Å². The SMILES string of the molecule is CC(C)Nc1ccc(CC(C(=O)C(C)C)N(CC(=O)C(C)(C)C)CC(=O)C(C)(C)C)cc1. The Bertz CT molecular complexity index is 753. The third-order valence-corrected chi connectivity index (χ3v) is 5.54. The van der Waals surface area contributed by atoms with Gasteiger partial charge in [0.2, 0.25) is 0 Å². The Morgan fingerprint density at radius 2 is 1.25 bits per heavy atom. The van der Waals surface area contributed by atoms with Gasteiger partial charge in [0.25, 0.3) is 0 Å². The Morgan fingerprint density at radius 1 is 0.812 bits per heavy atom. The molecule has 0 saturated heterocycles. The number of ketones is 3. The van der Waals surface area contributed by atoms with Gasteiger partial charge in [-0.25, -0.2) is 0 Å². The molecule has 0 amide bonds. The van der Waals surface area contributed by atoms with E-state index in [9.17, 15) is 14.4 Å². The number of carbonyl (C=O) groups is 3. The highest BCUT2D eigenvalue weighted by molar-refractivity contribution is 5.91. The monoisotopic (exact) mass is 444 g/mol. The number of anilines is 1. The minimum atomic E-state index is -0.543. The van der Waals surface area contributed by atoms with Crippen molar-refractivity contribution in [2.75, 3.05) is 18.4 Å². The van der Waals surface area contributed by atoms with Crippen molar-refractivity contribution >= 4 is 23.0 Å². The summed E-state index contributed by atoms with van der Waals surface area (Å²) in [7, 11) is 0. The Hall–Kier alpha value is -2.01. The third kappa shape index (κ3) is 8.85. The molecule has 1 rings (SSSR count). The molecule has 0 aliphatic heterocycles. The number of benzene rings is 1. The lowest BCUT2D eigenvalue weighted by Crippen LogP contribution is -2.51. The first-order valence-corrected chi connectivity index (χ1v) is 11.7. The number of nitrogens with zero attached hydrogens (tertiary/aromatic N) is 1. The molecule has 0 bridgehead atoms. The van der Waals surface area contributed by atoms with Crippen molar-refractivity contribution in [3.05, 3.63) is 29.8 Å². The first-order valence-electron chi connectivity index (χ1n) is 11.7. The van der Waals surface area contributed by atoms with E-state index >= 15 is 0 Å². The smallest absolute Gasteiger partial charge is 0.152 e. The molecule has 1 aromatic rings. The van der Waals surface area contributed by atoms with Crippen LogP contribution in [-0.4, -0.2) is 47.4 Å². The van der Waals surface area contributed by atoms with Crippen molar-refractivity contribution in [2.45, 2.75) is 87.7 Å². The van der Waals surface area contributed by atoms with E-state index in [1.165, 1.54) is 0 Å². The lowest BCUT2D eigenvalue weighted by Gasteiger charge is -2.34. The highest BCUT2D eigenvalue weighted by Crippen LogP contribution is 2.23. The molecule has 1 unspecified atom stereocenters. The van der Waals surface area contributed by atoms with Crippen LogP contribution in [0.3, 0.4) is 0 Å². The van der Waals surface area contributed by atoms with Gasteiger partial charge < -0.3 is 5.32 Å². The van der Waals surface area contributed by atoms with E-state index in [2.05, 4.69) is 19.2 Å². The molecule has 0 radical (unpaired) electrons. The number of hydrogen-bond donors (Lipinski definition) is 1. The second-order valence-electron chi connectivity index (χ2n) is 11.5. The van der Waals surface area contributed by atoms with Gasteiger partial charge in [-0.2, -0.15) is 0 Å². The van der Waals surface area contributed by atoms with Crippen LogP contribution in [0.1, 0.15) is 74.8 Å². The zero-order valence-corrected chi connectivity index (χ0v) is 21.8. The Balaban J connectivity index is 3.30. The van der Waals surface area contributed by atoms with Gasteiger partial charge in [-0.05, 0) is 38.0 Å². The fourth-order valence-corrected chi connectivity index (χ4v) is 3.21. The maximum atomic E-state index is 13.3. The molecule has 0 saturated carbocycles. The van der Waals surface area contributed by atoms with Crippen LogP contribution in [0.4, 0.5) is 5.69 Å². The van der Waals surface area contributed by atoms with Crippen LogP contribution in [0, 0.1) is 16.7 Å². The first-order chi connectivity index (χ1) is 14.5. The Morgan fingerprint density at radius 3 is 1.59 bits per heavy atom. The normalized spacial score (nSPS) is 13.5. The molecule has 0 fully saturated rings. The van der Waals surface area contributed by atoms with Crippen LogP contribution in [0.15, 0.2) is 24.3 Å². The van der Waals surface area contributed by atoms with Crippen molar-refractivity contribution in [1.29, 1.82) is 0 Å². The third-order valence-electron chi connectivity index (χ3n) is 5.54. The van der Waals surface area contributed by atoms with Crippen LogP contribution >= 0.6 is 0 Å². The molecule has 0 heterocycles. The molecule has 1 aromatic carbocycles. The maximum Gasteiger partial charge on any atom is 0.152 e. The number of Topliss-reactive ketones (excluding diaryl/α,β-unsaturated/α-hetero) is 3. The Kier molecular flexibility index (Phi) is 9.83. The summed E-state index contributed by atoms with van der Waals surface area (Å²) in [6.45, 7) is 19.3. The molecule has 0 aliphatic rings. The van der Waals surface area contributed by atoms with E-state index in [0.717, 1.165) is 11.3 Å². The summed E-state index contributed by atoms with van der Waals surface area (Å²) in [6, 6.07) is 7.85. The van der Waals surface area contributed by atoms with E-state index < -0.39 is 16.9 Å². The predicted molar refractivity (Wildman–Crippen MR) is 133 cm³/mol. The summed E-state index contributed by atoms with van der Waals surface area (Å²) < 4.78 is 0. The zero-order valence-electron chi connectivity index (χ0n) is 21.8. The molecule has 5 nitrogen and oxygen atoms in total. The van der Waals surface area contributed by atoms with Gasteiger partial charge in [-0.1, -0.05) is 67.5 Å². The van der Waals surface area contributed by atoms with Crippen molar-refractivity contribution in [2.24, 2.45) is 16.7 Å². The number of nitrogens with one attached hydrogen (secondary N) is 1. The summed E-state index contributed by atoms with van der Waals surface area (Å²) in [5.41, 5.74) is 0.949. The average molecular weight is 445 g/mol. The molecular weight excluding hydrogens is 400 g/mol. The number of rotatable bonds is 11. The summed E-state index contributed by atoms with van der Waals surface area (Å²) in [5, 5.41) is 3.37. The lowest BCUT2D eigenvalue weighted by molar-refractivity contribution is -0.135. The minimum Gasteiger partial charge on any atom is -0.383 e. The van der Waals surface area contributed by atoms with Gasteiger partial charge >= 0.3 is 0 Å². The van der Waals surface area contributed by atoms with Gasteiger partial charge in [-0.3, -0.25) is 19.3 Å². The highest BCUT2D eigenvalue weighted by atomic mass is 16.1. The summed E-state index contributed by atoms with van der Waals surface area (Å²) in [5.74, 6) is -0.0915. The largest absolute Gasteiger partial charge is 0.383 e. The molecule has 5 heteroatoms. The van der Waals surface area contributed by atoms with E-state index in [1.807, 2.05) is 84.6 Å². The van der Waals surface area contributed by atoms with Crippen molar-refractivity contribution in [3.8, 4) is 0 Å². The molecule has 1 atom stereocenters. The summed E-state index contributed by atoms with van der Waals surface area (Å²) >= 11 is 0. The van der Waals surface area contributed by atoms with Crippen LogP contribution in [0.2, 0.25) is 0 Å². The van der Waals surface area contributed by atoms with Crippen LogP contribution < -0.4 is 5.32 Å². The number of carbonyl (C=O) groups excluding carboxylic acids is 3. The maximum absolute atomic E-state index is 13.3. The van der Waals surface area contributed by atoms with Gasteiger partial charge in [0.05, 0.1) is 19.1 Å². The fraction of sp³-hybridized carbons (Fsp3) is 0.667. The van der Waals surface area contributed by atoms with Crippen molar-refractivity contribution < 1.29 is 14.4 Å². The standard InChI is InChI=1S/C27H44N2O3/c1-18(2)25(32)22(15-20-11-13-21(14-12-20)28-19(3)4)29(16-23(30)26(5,6)7)17-24(31)27(8,9)10/h11-14,18-19,22,28H,15-17H2,1-10H3. The first kappa shape index (κ1) is 28.0. The quantitative estimate of drug-likeness (QED) is 0.510. The highest BCUT2D eigenvalue weighted by Gasteiger charge is 2.35. The van der Waals surface area contributed by atoms with Crippen LogP contribution in [0.5, 0.6) is 0 Å². The number of hydrogen-bond acceptors (Lipinski definition) is 5. The second-order valence-corrected chi connectivity index (χ2v) is 11.5. The summed E-state index contributed by atoms with van der Waals surface area (Å²) in [4.78, 5) is 41.0. The predicted octanol–water partition coefficient (Wildman–Crippen LogP) is 5.18. The second kappa shape index (κ2) is 11.2. The van der Waals surface area contributed by atoms with Crippen LogP contribution in [-0.2, 0) is 20.8 Å². The zero-order chi connectivity index (χ0) is 24.9. The van der Waals surface area contributed by atoms with Gasteiger partial charge in [0.15, 0.2) is 17.3 Å². The van der Waals surface area contributed by atoms with E-state index in [-0.39, 0.29) is 36.4 Å². The topological polar surface area (TPSA) is 66.5 Å². The average Bonchev–Trinajstić information content (AvgIpc) is 2.64. The molecule has 32 heavy (non-hydrogen) atoms. The molecule has 0 spiro atoms. The lowest BCUT2D eigenvalue weighted by atomic mass is 9.87. The van der Waals surface area contributed by atoms with Crippen molar-refractivity contribution in [3.63, 3.8) is 0 Å². The van der Waals surface area contributed by atoms with E-state index in [4.69, 9.17) is 0 Å². The fourth-order valence-electron chi connectivity index (χ4n) is 3.21.